The summed E-state index contributed by atoms with van der Waals surface area (Å²) in [6.45, 7) is 5.67. The Morgan fingerprint density at radius 2 is 1.82 bits per heavy atom. The van der Waals surface area contributed by atoms with Crippen molar-refractivity contribution >= 4 is 23.8 Å². The third kappa shape index (κ3) is 4.41. The van der Waals surface area contributed by atoms with Gasteiger partial charge in [0.05, 0.1) is 13.0 Å². The van der Waals surface area contributed by atoms with Crippen molar-refractivity contribution in [1.82, 2.24) is 15.3 Å². The second kappa shape index (κ2) is 9.02. The number of hydrogen-bond acceptors (Lipinski definition) is 7. The fourth-order valence-corrected chi connectivity index (χ4v) is 5.31. The highest BCUT2D eigenvalue weighted by Crippen LogP contribution is 2.44. The van der Waals surface area contributed by atoms with Crippen LogP contribution in [0.1, 0.15) is 64.5 Å². The van der Waals surface area contributed by atoms with Gasteiger partial charge in [-0.15, -0.1) is 0 Å². The van der Waals surface area contributed by atoms with Crippen LogP contribution in [-0.4, -0.2) is 64.6 Å². The number of ether oxygens (including phenoxy) is 2. The molecule has 2 amide bonds. The second-order valence-electron chi connectivity index (χ2n) is 10.3. The molecule has 1 aromatic carbocycles. The van der Waals surface area contributed by atoms with Crippen LogP contribution in [0.2, 0.25) is 0 Å². The second-order valence-corrected chi connectivity index (χ2v) is 10.3. The number of carbonyl (C=O) groups is 4. The first kappa shape index (κ1) is 24.2. The van der Waals surface area contributed by atoms with E-state index in [2.05, 4.69) is 5.32 Å². The molecule has 9 nitrogen and oxygen atoms in total. The fourth-order valence-electron chi connectivity index (χ4n) is 5.31. The first-order valence-corrected chi connectivity index (χ1v) is 11.8. The molecule has 0 aliphatic carbocycles. The van der Waals surface area contributed by atoms with E-state index in [0.29, 0.717) is 19.4 Å². The average Bonchev–Trinajstić information content (AvgIpc) is 3.17. The number of benzene rings is 1. The van der Waals surface area contributed by atoms with Crippen molar-refractivity contribution < 1.29 is 28.7 Å². The van der Waals surface area contributed by atoms with Gasteiger partial charge < -0.3 is 9.47 Å². The summed E-state index contributed by atoms with van der Waals surface area (Å²) in [6.07, 6.45) is 1.54. The minimum absolute atomic E-state index is 0.131. The molecular weight excluding hydrogens is 438 g/mol. The Labute approximate surface area is 199 Å². The Morgan fingerprint density at radius 3 is 2.47 bits per heavy atom. The molecule has 0 saturated carbocycles. The smallest absolute Gasteiger partial charge is 0.331 e. The van der Waals surface area contributed by atoms with Crippen molar-refractivity contribution in [2.24, 2.45) is 5.92 Å². The zero-order valence-corrected chi connectivity index (χ0v) is 20.2. The highest BCUT2D eigenvalue weighted by molar-refractivity contribution is 5.96. The lowest BCUT2D eigenvalue weighted by Gasteiger charge is -2.44. The lowest BCUT2D eigenvalue weighted by atomic mass is 9.85. The van der Waals surface area contributed by atoms with Crippen LogP contribution < -0.4 is 5.32 Å². The number of fused-ring (bicyclic) bond motifs is 1. The Bertz CT molecular complexity index is 975. The molecule has 34 heavy (non-hydrogen) atoms. The highest BCUT2D eigenvalue weighted by atomic mass is 16.6. The van der Waals surface area contributed by atoms with Gasteiger partial charge in [-0.1, -0.05) is 30.3 Å². The maximum absolute atomic E-state index is 14.2. The highest BCUT2D eigenvalue weighted by Gasteiger charge is 2.58. The number of rotatable bonds is 3. The summed E-state index contributed by atoms with van der Waals surface area (Å²) in [4.78, 5) is 53.1. The van der Waals surface area contributed by atoms with Crippen molar-refractivity contribution in [3.63, 3.8) is 0 Å². The Morgan fingerprint density at radius 1 is 1.12 bits per heavy atom. The molecule has 1 spiro atoms. The SMILES string of the molecule is COC(=O)[C@@H]1C[C@@]2(CCC(=O)N3CCC[C@@H](C(=O)OC(C)(C)C)N3C2=O)N[C@@H]1c1ccccc1. The van der Waals surface area contributed by atoms with Gasteiger partial charge in [0, 0.05) is 19.0 Å². The number of nitrogens with one attached hydrogen (secondary N) is 1. The number of esters is 2. The molecule has 9 heteroatoms. The van der Waals surface area contributed by atoms with E-state index in [4.69, 9.17) is 9.47 Å². The molecule has 3 aliphatic rings. The molecular formula is C25H33N3O6. The molecule has 3 saturated heterocycles. The summed E-state index contributed by atoms with van der Waals surface area (Å²) < 4.78 is 10.7. The number of nitrogens with zero attached hydrogens (tertiary/aromatic N) is 2. The quantitative estimate of drug-likeness (QED) is 0.673. The predicted molar refractivity (Wildman–Crippen MR) is 122 cm³/mol. The number of hydrazine groups is 1. The number of carbonyl (C=O) groups excluding carboxylic acids is 4. The molecule has 3 fully saturated rings. The maximum Gasteiger partial charge on any atom is 0.331 e. The molecule has 4 rings (SSSR count). The zero-order chi connectivity index (χ0) is 24.7. The summed E-state index contributed by atoms with van der Waals surface area (Å²) in [5, 5.41) is 6.13. The summed E-state index contributed by atoms with van der Waals surface area (Å²) in [7, 11) is 1.33. The normalized spacial score (nSPS) is 29.6. The van der Waals surface area contributed by atoms with Crippen molar-refractivity contribution in [3.05, 3.63) is 35.9 Å². The van der Waals surface area contributed by atoms with Crippen LogP contribution in [0, 0.1) is 5.92 Å². The third-order valence-corrected chi connectivity index (χ3v) is 6.82. The molecule has 4 atom stereocenters. The van der Waals surface area contributed by atoms with Crippen molar-refractivity contribution in [2.75, 3.05) is 13.7 Å². The summed E-state index contributed by atoms with van der Waals surface area (Å²) in [6, 6.07) is 8.08. The molecule has 0 bridgehead atoms. The topological polar surface area (TPSA) is 105 Å². The number of amides is 2. The summed E-state index contributed by atoms with van der Waals surface area (Å²) in [5.74, 6) is -2.14. The lowest BCUT2D eigenvalue weighted by Crippen LogP contribution is -2.65. The van der Waals surface area contributed by atoms with E-state index < -0.39 is 41.1 Å². The molecule has 3 aliphatic heterocycles. The van der Waals surface area contributed by atoms with Gasteiger partial charge in [-0.05, 0) is 52.0 Å². The van der Waals surface area contributed by atoms with Crippen LogP contribution in [-0.2, 0) is 28.7 Å². The molecule has 184 valence electrons. The first-order valence-electron chi connectivity index (χ1n) is 11.8. The van der Waals surface area contributed by atoms with Gasteiger partial charge in [-0.25, -0.2) is 9.80 Å². The van der Waals surface area contributed by atoms with Gasteiger partial charge >= 0.3 is 11.9 Å². The maximum atomic E-state index is 14.2. The molecule has 0 unspecified atom stereocenters. The van der Waals surface area contributed by atoms with E-state index in [1.807, 2.05) is 30.3 Å². The van der Waals surface area contributed by atoms with Crippen LogP contribution in [0.25, 0.3) is 0 Å². The molecule has 1 N–H and O–H groups in total. The molecule has 3 heterocycles. The van der Waals surface area contributed by atoms with Crippen LogP contribution in [0.5, 0.6) is 0 Å². The van der Waals surface area contributed by atoms with Crippen LogP contribution in [0.3, 0.4) is 0 Å². The number of methoxy groups -OCH3 is 1. The Kier molecular flexibility index (Phi) is 6.42. The van der Waals surface area contributed by atoms with Crippen molar-refractivity contribution in [3.8, 4) is 0 Å². The largest absolute Gasteiger partial charge is 0.469 e. The molecule has 0 aromatic heterocycles. The van der Waals surface area contributed by atoms with E-state index in [9.17, 15) is 19.2 Å². The Balaban J connectivity index is 1.72. The summed E-state index contributed by atoms with van der Waals surface area (Å²) >= 11 is 0. The van der Waals surface area contributed by atoms with E-state index in [-0.39, 0.29) is 31.1 Å². The fraction of sp³-hybridized carbons (Fsp3) is 0.600. The number of hydrogen-bond donors (Lipinski definition) is 1. The Hall–Kier alpha value is -2.94. The van der Waals surface area contributed by atoms with Gasteiger partial charge in [0.25, 0.3) is 5.91 Å². The van der Waals surface area contributed by atoms with Gasteiger partial charge in [-0.2, -0.15) is 0 Å². The van der Waals surface area contributed by atoms with Crippen molar-refractivity contribution in [1.29, 1.82) is 0 Å². The predicted octanol–water partition coefficient (Wildman–Crippen LogP) is 2.12. The first-order chi connectivity index (χ1) is 16.1. The zero-order valence-electron chi connectivity index (χ0n) is 20.2. The monoisotopic (exact) mass is 471 g/mol. The van der Waals surface area contributed by atoms with Crippen LogP contribution in [0.15, 0.2) is 30.3 Å². The lowest BCUT2D eigenvalue weighted by molar-refractivity contribution is -0.189. The molecule has 0 radical (unpaired) electrons. The van der Waals surface area contributed by atoms with Gasteiger partial charge in [0.1, 0.15) is 11.1 Å². The molecule has 1 aromatic rings. The van der Waals surface area contributed by atoms with Gasteiger partial charge in [-0.3, -0.25) is 24.7 Å². The van der Waals surface area contributed by atoms with E-state index in [1.165, 1.54) is 17.1 Å². The standard InChI is InChI=1S/C25H33N3O6/c1-24(2,3)34-22(31)18-11-8-14-27-19(29)12-13-25(23(32)28(18)27)15-17(21(30)33-4)20(26-25)16-9-6-5-7-10-16/h5-7,9-10,17-18,20,26H,8,11-15H2,1-4H3/t17-,18+,20-,25-/m1/s1. The van der Waals surface area contributed by atoms with E-state index in [0.717, 1.165) is 5.56 Å². The van der Waals surface area contributed by atoms with Gasteiger partial charge in [0.2, 0.25) is 5.91 Å². The minimum Gasteiger partial charge on any atom is -0.469 e. The van der Waals surface area contributed by atoms with Crippen molar-refractivity contribution in [2.45, 2.75) is 76.1 Å². The van der Waals surface area contributed by atoms with Gasteiger partial charge in [0.15, 0.2) is 6.04 Å². The van der Waals surface area contributed by atoms with E-state index >= 15 is 0 Å². The van der Waals surface area contributed by atoms with Crippen LogP contribution >= 0.6 is 0 Å². The average molecular weight is 472 g/mol. The van der Waals surface area contributed by atoms with E-state index in [1.54, 1.807) is 20.8 Å². The third-order valence-electron chi connectivity index (χ3n) is 6.82. The minimum atomic E-state index is -1.18. The summed E-state index contributed by atoms with van der Waals surface area (Å²) in [5.41, 5.74) is -1.05. The van der Waals surface area contributed by atoms with Crippen LogP contribution in [0.4, 0.5) is 0 Å².